The van der Waals surface area contributed by atoms with Crippen molar-refractivity contribution in [3.8, 4) is 5.75 Å². The van der Waals surface area contributed by atoms with E-state index in [1.165, 1.54) is 5.56 Å². The lowest BCUT2D eigenvalue weighted by atomic mass is 9.98. The van der Waals surface area contributed by atoms with Crippen molar-refractivity contribution in [2.24, 2.45) is 0 Å². The minimum atomic E-state index is -0.657. The van der Waals surface area contributed by atoms with E-state index in [0.29, 0.717) is 12.8 Å². The van der Waals surface area contributed by atoms with Crippen LogP contribution in [0.5, 0.6) is 5.75 Å². The number of hydrogen-bond acceptors (Lipinski definition) is 3. The van der Waals surface area contributed by atoms with Gasteiger partial charge >= 0.3 is 0 Å². The zero-order valence-corrected chi connectivity index (χ0v) is 12.2. The van der Waals surface area contributed by atoms with Gasteiger partial charge in [-0.2, -0.15) is 0 Å². The summed E-state index contributed by atoms with van der Waals surface area (Å²) in [6, 6.07) is 6.16. The fraction of sp³-hybridized carbons (Fsp3) is 0.625. The Labute approximate surface area is 116 Å². The van der Waals surface area contributed by atoms with Crippen molar-refractivity contribution in [3.05, 3.63) is 29.3 Å². The molecule has 0 aliphatic rings. The third kappa shape index (κ3) is 4.84. The number of methoxy groups -OCH3 is 1. The van der Waals surface area contributed by atoms with Crippen LogP contribution < -0.4 is 4.74 Å². The predicted molar refractivity (Wildman–Crippen MR) is 77.6 cm³/mol. The number of aryl methyl sites for hydroxylation is 2. The normalized spacial score (nSPS) is 14.2. The van der Waals surface area contributed by atoms with Crippen molar-refractivity contribution in [2.75, 3.05) is 7.11 Å². The van der Waals surface area contributed by atoms with Crippen LogP contribution in [0.1, 0.15) is 44.2 Å². The minimum absolute atomic E-state index is 0.560. The quantitative estimate of drug-likeness (QED) is 0.760. The molecule has 1 rings (SSSR count). The smallest absolute Gasteiger partial charge is 0.122 e. The molecule has 0 radical (unpaired) electrons. The first kappa shape index (κ1) is 16.0. The highest BCUT2D eigenvalue weighted by molar-refractivity contribution is 5.37. The molecular weight excluding hydrogens is 240 g/mol. The van der Waals surface area contributed by atoms with E-state index in [1.807, 2.05) is 13.0 Å². The third-order valence-corrected chi connectivity index (χ3v) is 3.49. The highest BCUT2D eigenvalue weighted by atomic mass is 16.5. The van der Waals surface area contributed by atoms with Gasteiger partial charge in [-0.15, -0.1) is 0 Å². The Morgan fingerprint density at radius 3 is 2.37 bits per heavy atom. The molecule has 0 saturated carbocycles. The van der Waals surface area contributed by atoms with Gasteiger partial charge in [0, 0.05) is 0 Å². The largest absolute Gasteiger partial charge is 0.496 e. The summed E-state index contributed by atoms with van der Waals surface area (Å²) in [5, 5.41) is 19.7. The molecule has 0 bridgehead atoms. The highest BCUT2D eigenvalue weighted by Gasteiger charge is 2.16. The van der Waals surface area contributed by atoms with Crippen LogP contribution >= 0.6 is 0 Å². The number of benzene rings is 1. The number of rotatable bonds is 8. The van der Waals surface area contributed by atoms with E-state index in [1.54, 1.807) is 7.11 Å². The predicted octanol–water partition coefficient (Wildman–Crippen LogP) is 2.71. The molecule has 0 heterocycles. The summed E-state index contributed by atoms with van der Waals surface area (Å²) in [4.78, 5) is 0. The van der Waals surface area contributed by atoms with E-state index in [9.17, 15) is 10.2 Å². The first-order valence-corrected chi connectivity index (χ1v) is 7.14. The number of hydrogen-bond donors (Lipinski definition) is 2. The summed E-state index contributed by atoms with van der Waals surface area (Å²) >= 11 is 0. The molecule has 2 atom stereocenters. The molecule has 3 nitrogen and oxygen atoms in total. The summed E-state index contributed by atoms with van der Waals surface area (Å²) < 4.78 is 5.34. The van der Waals surface area contributed by atoms with Gasteiger partial charge in [0.1, 0.15) is 5.75 Å². The molecule has 0 fully saturated rings. The Bertz CT molecular complexity index is 376. The summed E-state index contributed by atoms with van der Waals surface area (Å²) in [6.07, 6.45) is 2.52. The Kier molecular flexibility index (Phi) is 6.89. The van der Waals surface area contributed by atoms with Crippen LogP contribution in [0.15, 0.2) is 18.2 Å². The Morgan fingerprint density at radius 2 is 1.79 bits per heavy atom. The van der Waals surface area contributed by atoms with Crippen molar-refractivity contribution in [3.63, 3.8) is 0 Å². The minimum Gasteiger partial charge on any atom is -0.496 e. The van der Waals surface area contributed by atoms with E-state index in [2.05, 4.69) is 19.1 Å². The zero-order valence-electron chi connectivity index (χ0n) is 12.2. The Balaban J connectivity index is 2.65. The van der Waals surface area contributed by atoms with E-state index < -0.39 is 12.2 Å². The fourth-order valence-electron chi connectivity index (χ4n) is 2.23. The monoisotopic (exact) mass is 266 g/mol. The molecule has 1 aromatic rings. The molecule has 0 saturated heterocycles. The topological polar surface area (TPSA) is 49.7 Å². The molecule has 0 amide bonds. The second-order valence-corrected chi connectivity index (χ2v) is 4.96. The van der Waals surface area contributed by atoms with Crippen molar-refractivity contribution in [2.45, 2.75) is 58.2 Å². The average Bonchev–Trinajstić information content (AvgIpc) is 2.44. The summed E-state index contributed by atoms with van der Waals surface area (Å²) in [5.74, 6) is 0.856. The summed E-state index contributed by atoms with van der Waals surface area (Å²) in [7, 11) is 1.66. The van der Waals surface area contributed by atoms with E-state index in [0.717, 1.165) is 30.6 Å². The van der Waals surface area contributed by atoms with Crippen molar-refractivity contribution < 1.29 is 14.9 Å². The van der Waals surface area contributed by atoms with Gasteiger partial charge in [0.05, 0.1) is 19.3 Å². The Hall–Kier alpha value is -1.06. The maximum Gasteiger partial charge on any atom is 0.122 e. The maximum absolute atomic E-state index is 9.91. The standard InChI is InChI=1S/C16H26O3/c1-4-6-14(17)15(18)9-8-13-11-12(5-2)7-10-16(13)19-3/h7,10-11,14-15,17-18H,4-6,8-9H2,1-3H3. The Morgan fingerprint density at radius 1 is 1.11 bits per heavy atom. The van der Waals surface area contributed by atoms with Crippen LogP contribution in [0.25, 0.3) is 0 Å². The van der Waals surface area contributed by atoms with Gasteiger partial charge in [-0.05, 0) is 42.9 Å². The van der Waals surface area contributed by atoms with Crippen LogP contribution in [-0.2, 0) is 12.8 Å². The van der Waals surface area contributed by atoms with Gasteiger partial charge in [-0.1, -0.05) is 32.4 Å². The molecule has 0 aliphatic carbocycles. The number of aliphatic hydroxyl groups is 2. The van der Waals surface area contributed by atoms with Crippen molar-refractivity contribution >= 4 is 0 Å². The number of ether oxygens (including phenoxy) is 1. The molecule has 0 aliphatic heterocycles. The lowest BCUT2D eigenvalue weighted by Gasteiger charge is -2.18. The highest BCUT2D eigenvalue weighted by Crippen LogP contribution is 2.23. The second kappa shape index (κ2) is 8.18. The molecule has 1 aromatic carbocycles. The number of aliphatic hydroxyl groups excluding tert-OH is 2. The third-order valence-electron chi connectivity index (χ3n) is 3.49. The van der Waals surface area contributed by atoms with Gasteiger partial charge < -0.3 is 14.9 Å². The molecule has 19 heavy (non-hydrogen) atoms. The SMILES string of the molecule is CCCC(O)C(O)CCc1cc(CC)ccc1OC. The van der Waals surface area contributed by atoms with Crippen molar-refractivity contribution in [1.82, 2.24) is 0 Å². The van der Waals surface area contributed by atoms with Crippen LogP contribution in [0, 0.1) is 0 Å². The first-order chi connectivity index (χ1) is 9.12. The summed E-state index contributed by atoms with van der Waals surface area (Å²) in [6.45, 7) is 4.12. The van der Waals surface area contributed by atoms with Gasteiger partial charge in [0.15, 0.2) is 0 Å². The van der Waals surface area contributed by atoms with E-state index in [4.69, 9.17) is 4.74 Å². The molecule has 2 unspecified atom stereocenters. The van der Waals surface area contributed by atoms with Crippen LogP contribution in [0.4, 0.5) is 0 Å². The van der Waals surface area contributed by atoms with Crippen molar-refractivity contribution in [1.29, 1.82) is 0 Å². The first-order valence-electron chi connectivity index (χ1n) is 7.14. The van der Waals surface area contributed by atoms with Gasteiger partial charge in [-0.25, -0.2) is 0 Å². The van der Waals surface area contributed by atoms with E-state index >= 15 is 0 Å². The zero-order chi connectivity index (χ0) is 14.3. The van der Waals surface area contributed by atoms with Gasteiger partial charge in [-0.3, -0.25) is 0 Å². The molecule has 2 N–H and O–H groups in total. The lowest BCUT2D eigenvalue weighted by Crippen LogP contribution is -2.26. The maximum atomic E-state index is 9.91. The molecule has 0 spiro atoms. The summed E-state index contributed by atoms with van der Waals surface area (Å²) in [5.41, 5.74) is 2.36. The second-order valence-electron chi connectivity index (χ2n) is 4.96. The molecular formula is C16H26O3. The molecule has 3 heteroatoms. The van der Waals surface area contributed by atoms with Gasteiger partial charge in [0.2, 0.25) is 0 Å². The van der Waals surface area contributed by atoms with Gasteiger partial charge in [0.25, 0.3) is 0 Å². The van der Waals surface area contributed by atoms with Crippen LogP contribution in [0.2, 0.25) is 0 Å². The molecule has 108 valence electrons. The van der Waals surface area contributed by atoms with E-state index in [-0.39, 0.29) is 0 Å². The van der Waals surface area contributed by atoms with Crippen LogP contribution in [-0.4, -0.2) is 29.5 Å². The van der Waals surface area contributed by atoms with Crippen LogP contribution in [0.3, 0.4) is 0 Å². The molecule has 0 aromatic heterocycles. The lowest BCUT2D eigenvalue weighted by molar-refractivity contribution is 0.00974. The average molecular weight is 266 g/mol. The fourth-order valence-corrected chi connectivity index (χ4v) is 2.23.